The quantitative estimate of drug-likeness (QED) is 0.0858. The van der Waals surface area contributed by atoms with Crippen molar-refractivity contribution >= 4 is 23.5 Å². The summed E-state index contributed by atoms with van der Waals surface area (Å²) in [5, 5.41) is 0. The number of esters is 2. The second kappa shape index (κ2) is 29.0. The van der Waals surface area contributed by atoms with Gasteiger partial charge in [0.1, 0.15) is 24.3 Å². The summed E-state index contributed by atoms with van der Waals surface area (Å²) in [5.41, 5.74) is 0.885. The maximum Gasteiger partial charge on any atom is 0.338 e. The van der Waals surface area contributed by atoms with E-state index in [4.69, 9.17) is 47.4 Å². The lowest BCUT2D eigenvalue weighted by atomic mass is 9.44. The summed E-state index contributed by atoms with van der Waals surface area (Å²) in [4.78, 5) is 55.4. The van der Waals surface area contributed by atoms with E-state index in [9.17, 15) is 19.2 Å². The summed E-state index contributed by atoms with van der Waals surface area (Å²) < 4.78 is 66.6. The average Bonchev–Trinajstić information content (AvgIpc) is 1.70. The first-order chi connectivity index (χ1) is 42.5. The van der Waals surface area contributed by atoms with E-state index in [1.165, 1.54) is 0 Å². The van der Waals surface area contributed by atoms with Crippen LogP contribution in [0.3, 0.4) is 0 Å². The van der Waals surface area contributed by atoms with E-state index >= 15 is 0 Å². The summed E-state index contributed by atoms with van der Waals surface area (Å²) in [5.74, 6) is 2.25. The van der Waals surface area contributed by atoms with Crippen molar-refractivity contribution in [2.75, 3.05) is 19.8 Å². The number of ether oxygens (including phenoxy) is 10. The van der Waals surface area contributed by atoms with Gasteiger partial charge in [-0.25, -0.2) is 9.59 Å². The summed E-state index contributed by atoms with van der Waals surface area (Å²) >= 11 is 0. The van der Waals surface area contributed by atoms with Crippen LogP contribution in [0.4, 0.5) is 0 Å². The van der Waals surface area contributed by atoms with E-state index in [-0.39, 0.29) is 125 Å². The maximum atomic E-state index is 14.4. The molecule has 4 heterocycles. The zero-order chi connectivity index (χ0) is 63.8. The number of Topliss-reactive ketones (excluding diaryl/α,β-unsaturated/α-hetero) is 2. The number of ketones is 2. The minimum Gasteiger partial charge on any atom is -0.459 e. The molecule has 15 unspecified atom stereocenters. The highest BCUT2D eigenvalue weighted by Gasteiger charge is 2.64. The molecule has 496 valence electrons. The monoisotopic (exact) mass is 1240 g/mol. The molecule has 14 nitrogen and oxygen atoms in total. The fourth-order valence-electron chi connectivity index (χ4n) is 18.4. The van der Waals surface area contributed by atoms with Crippen LogP contribution in [-0.2, 0) is 57.0 Å². The molecule has 0 aromatic heterocycles. The van der Waals surface area contributed by atoms with E-state index in [1.54, 1.807) is 24.3 Å². The van der Waals surface area contributed by atoms with Crippen molar-refractivity contribution in [1.82, 2.24) is 0 Å². The standard InChI is InChI=1S/C75H112O14/c1-16-61-45(7)44(6)48(10)71(84-61)88-65-46(8)50(12)72(85-62(65)17-2)89-66-47(9)49(11)70(86-63(66)40-80-68(78)52-24-20-18-21-25-52)83-55-32-34-74(14)54(36-55)29-30-56-57(74)33-35-75(15)58(56)37-60(77)64(75)51(13)59(76)31-28-41(3)38-81-73-67(43(5)42(4)39-82-73)87-69(79)53-26-22-19-23-27-53/h18-27,41-51,54-58,61-67,70-73H,16-17,28-40H2,1-15H3/t41-,42-,43-,44-,45+,46+,47+,48?,49?,50?,51+,54?,55?,56?,57?,58?,61?,62?,63?,64?,65+,66+,67?,70+,71-,72-,73+,74?,75?/m0/s1. The minimum atomic E-state index is -0.691. The normalized spacial score (nSPS) is 43.8. The van der Waals surface area contributed by atoms with Crippen molar-refractivity contribution in [3.63, 3.8) is 0 Å². The van der Waals surface area contributed by atoms with Gasteiger partial charge in [0.15, 0.2) is 31.3 Å². The molecule has 8 aliphatic rings. The van der Waals surface area contributed by atoms with Crippen LogP contribution in [0.5, 0.6) is 0 Å². The molecule has 0 amide bonds. The Morgan fingerprint density at radius 2 is 1.17 bits per heavy atom. The van der Waals surface area contributed by atoms with Gasteiger partial charge in [-0.1, -0.05) is 140 Å². The highest BCUT2D eigenvalue weighted by molar-refractivity contribution is 5.92. The number of benzene rings is 2. The SMILES string of the molecule is CCC1O[C@@H](O[C@H]2C(CC)O[C@@H](O[C@H]3C(COC(=O)c4ccccc4)O[C@@H](OC4CCC5(C)C(CCC6C5CCC5(C)C6CC(=O)C5[C@H](C)C(=O)CC[C@H](C)CO[C@@H]5OC[C@H](C)[C@H](C)C5OC(=O)c5ccccc5)C4)C(C)[C@H]3C)C(C)[C@H]2C)C(C)[C@@H](C)[C@H]1C. The Hall–Kier alpha value is -3.60. The number of hydrogen-bond acceptors (Lipinski definition) is 14. The van der Waals surface area contributed by atoms with Crippen LogP contribution in [0.15, 0.2) is 60.7 Å². The van der Waals surface area contributed by atoms with Crippen LogP contribution in [-0.4, -0.2) is 111 Å². The van der Waals surface area contributed by atoms with Crippen LogP contribution in [0.2, 0.25) is 0 Å². The smallest absolute Gasteiger partial charge is 0.338 e. The number of fused-ring (bicyclic) bond motifs is 5. The molecule has 29 atom stereocenters. The third-order valence-corrected chi connectivity index (χ3v) is 25.4. The highest BCUT2D eigenvalue weighted by atomic mass is 16.7. The van der Waals surface area contributed by atoms with Crippen LogP contribution in [0.25, 0.3) is 0 Å². The number of hydrogen-bond donors (Lipinski definition) is 0. The lowest BCUT2D eigenvalue weighted by Crippen LogP contribution is -2.59. The molecule has 10 rings (SSSR count). The van der Waals surface area contributed by atoms with Crippen molar-refractivity contribution in [2.24, 2.45) is 106 Å². The summed E-state index contributed by atoms with van der Waals surface area (Å²) in [7, 11) is 0. The third-order valence-electron chi connectivity index (χ3n) is 25.4. The van der Waals surface area contributed by atoms with Crippen LogP contribution >= 0.6 is 0 Å². The van der Waals surface area contributed by atoms with Crippen LogP contribution in [0.1, 0.15) is 202 Å². The summed E-state index contributed by atoms with van der Waals surface area (Å²) in [6, 6.07) is 18.1. The van der Waals surface area contributed by atoms with E-state index in [0.29, 0.717) is 73.2 Å². The molecule has 2 aromatic rings. The Morgan fingerprint density at radius 3 is 1.81 bits per heavy atom. The zero-order valence-corrected chi connectivity index (χ0v) is 56.7. The topological polar surface area (TPSA) is 161 Å². The van der Waals surface area contributed by atoms with Crippen molar-refractivity contribution in [2.45, 2.75) is 249 Å². The van der Waals surface area contributed by atoms with Crippen molar-refractivity contribution in [3.8, 4) is 0 Å². The Bertz CT molecular complexity index is 2670. The van der Waals surface area contributed by atoms with E-state index in [0.717, 1.165) is 57.8 Å². The highest BCUT2D eigenvalue weighted by Crippen LogP contribution is 2.68. The van der Waals surface area contributed by atoms with Gasteiger partial charge in [-0.3, -0.25) is 9.59 Å². The van der Waals surface area contributed by atoms with Crippen LogP contribution in [0, 0.1) is 106 Å². The molecular weight excluding hydrogens is 1120 g/mol. The largest absolute Gasteiger partial charge is 0.459 e. The molecule has 0 N–H and O–H groups in total. The maximum absolute atomic E-state index is 14.4. The Balaban J connectivity index is 0.741. The predicted molar refractivity (Wildman–Crippen MR) is 340 cm³/mol. The molecular formula is C75H112O14. The molecule has 4 saturated heterocycles. The van der Waals surface area contributed by atoms with Gasteiger partial charge in [0.05, 0.1) is 54.9 Å². The molecule has 0 spiro atoms. The Morgan fingerprint density at radius 1 is 0.596 bits per heavy atom. The predicted octanol–water partition coefficient (Wildman–Crippen LogP) is 14.8. The molecule has 0 radical (unpaired) electrons. The Labute approximate surface area is 533 Å². The molecule has 89 heavy (non-hydrogen) atoms. The first kappa shape index (κ1) is 68.3. The fraction of sp³-hybridized carbons (Fsp3) is 0.787. The number of carbonyl (C=O) groups excluding carboxylic acids is 4. The lowest BCUT2D eigenvalue weighted by Gasteiger charge is -2.61. The first-order valence-electron chi connectivity index (χ1n) is 35.2. The van der Waals surface area contributed by atoms with Crippen LogP contribution < -0.4 is 0 Å². The first-order valence-corrected chi connectivity index (χ1v) is 35.2. The minimum absolute atomic E-state index is 0.00878. The van der Waals surface area contributed by atoms with Gasteiger partial charge in [0, 0.05) is 48.3 Å². The molecule has 4 aliphatic carbocycles. The van der Waals surface area contributed by atoms with Gasteiger partial charge in [0.2, 0.25) is 0 Å². The second-order valence-corrected chi connectivity index (χ2v) is 30.5. The number of carbonyl (C=O) groups is 4. The van der Waals surface area contributed by atoms with Gasteiger partial charge in [-0.05, 0) is 158 Å². The molecule has 8 fully saturated rings. The van der Waals surface area contributed by atoms with Crippen molar-refractivity contribution in [3.05, 3.63) is 71.8 Å². The van der Waals surface area contributed by atoms with Gasteiger partial charge in [-0.2, -0.15) is 0 Å². The molecule has 4 saturated carbocycles. The van der Waals surface area contributed by atoms with Crippen molar-refractivity contribution in [1.29, 1.82) is 0 Å². The van der Waals surface area contributed by atoms with Gasteiger partial charge < -0.3 is 47.4 Å². The average molecular weight is 1240 g/mol. The summed E-state index contributed by atoms with van der Waals surface area (Å²) in [6.07, 6.45) is 6.59. The number of rotatable bonds is 21. The Kier molecular flexibility index (Phi) is 22.2. The summed E-state index contributed by atoms with van der Waals surface area (Å²) in [6.45, 7) is 34.2. The van der Waals surface area contributed by atoms with Gasteiger partial charge >= 0.3 is 11.9 Å². The third kappa shape index (κ3) is 14.1. The lowest BCUT2D eigenvalue weighted by molar-refractivity contribution is -0.352. The van der Waals surface area contributed by atoms with Gasteiger partial charge in [-0.15, -0.1) is 0 Å². The second-order valence-electron chi connectivity index (χ2n) is 30.5. The molecule has 4 aliphatic heterocycles. The molecule has 2 aromatic carbocycles. The van der Waals surface area contributed by atoms with E-state index in [1.807, 2.05) is 43.3 Å². The van der Waals surface area contributed by atoms with E-state index < -0.39 is 49.1 Å². The molecule has 14 heteroatoms. The fourth-order valence-corrected chi connectivity index (χ4v) is 18.4. The molecule has 0 bridgehead atoms. The van der Waals surface area contributed by atoms with Gasteiger partial charge in [0.25, 0.3) is 0 Å². The van der Waals surface area contributed by atoms with E-state index in [2.05, 4.69) is 96.9 Å². The zero-order valence-electron chi connectivity index (χ0n) is 56.7. The van der Waals surface area contributed by atoms with Crippen molar-refractivity contribution < 1.29 is 66.5 Å².